The Labute approximate surface area is 114 Å². The van der Waals surface area contributed by atoms with E-state index in [0.717, 1.165) is 11.1 Å². The van der Waals surface area contributed by atoms with E-state index in [9.17, 15) is 8.42 Å². The molecule has 0 aromatic heterocycles. The van der Waals surface area contributed by atoms with E-state index in [-0.39, 0.29) is 18.3 Å². The quantitative estimate of drug-likeness (QED) is 0.784. The maximum atomic E-state index is 12.0. The molecule has 1 aromatic rings. The lowest BCUT2D eigenvalue weighted by atomic mass is 10.1. The summed E-state index contributed by atoms with van der Waals surface area (Å²) in [7, 11) is -3.20. The normalized spacial score (nSPS) is 21.0. The van der Waals surface area contributed by atoms with Gasteiger partial charge in [0.25, 0.3) is 0 Å². The summed E-state index contributed by atoms with van der Waals surface area (Å²) < 4.78 is 25.5. The number of hydrogen-bond acceptors (Lipinski definition) is 3. The van der Waals surface area contributed by atoms with Gasteiger partial charge in [0.05, 0.1) is 11.4 Å². The molecule has 1 aliphatic heterocycles. The topological polar surface area (TPSA) is 57.6 Å². The number of nitrogens with zero attached hydrogens (tertiary/aromatic N) is 1. The Kier molecular flexibility index (Phi) is 3.83. The zero-order chi connectivity index (χ0) is 14.0. The van der Waals surface area contributed by atoms with E-state index in [0.29, 0.717) is 12.2 Å². The van der Waals surface area contributed by atoms with Crippen molar-refractivity contribution >= 4 is 15.7 Å². The third kappa shape index (κ3) is 2.91. The Bertz CT molecular complexity index is 640. The highest BCUT2D eigenvalue weighted by Gasteiger charge is 2.33. The van der Waals surface area contributed by atoms with Crippen LogP contribution in [0.2, 0.25) is 0 Å². The number of rotatable bonds is 1. The number of anilines is 1. The molecule has 1 saturated heterocycles. The number of aryl methyl sites for hydroxylation is 1. The molecule has 0 saturated carbocycles. The average molecular weight is 279 g/mol. The largest absolute Gasteiger partial charge is 0.384 e. The second-order valence-electron chi connectivity index (χ2n) is 4.87. The van der Waals surface area contributed by atoms with Gasteiger partial charge < -0.3 is 5.11 Å². The molecule has 1 aromatic carbocycles. The number of benzene rings is 1. The second kappa shape index (κ2) is 5.24. The minimum absolute atomic E-state index is 0.137. The molecule has 0 amide bonds. The molecule has 2 rings (SSSR count). The predicted molar refractivity (Wildman–Crippen MR) is 75.4 cm³/mol. The van der Waals surface area contributed by atoms with Crippen LogP contribution >= 0.6 is 0 Å². The van der Waals surface area contributed by atoms with Crippen LogP contribution in [0.25, 0.3) is 0 Å². The van der Waals surface area contributed by atoms with E-state index in [1.165, 1.54) is 4.31 Å². The minimum atomic E-state index is -3.20. The maximum absolute atomic E-state index is 12.0. The van der Waals surface area contributed by atoms with Gasteiger partial charge in [-0.2, -0.15) is 0 Å². The Balaban J connectivity index is 2.42. The van der Waals surface area contributed by atoms with Crippen molar-refractivity contribution in [3.05, 3.63) is 29.3 Å². The standard InChI is InChI=1S/C14H17NO3S/c1-11-9-15(19(17,18)10-11)14-6-5-12(2)13(8-14)4-3-7-16/h5-6,8,11,16H,7,9-10H2,1-2H3. The zero-order valence-corrected chi connectivity index (χ0v) is 11.9. The van der Waals surface area contributed by atoms with E-state index in [4.69, 9.17) is 5.11 Å². The van der Waals surface area contributed by atoms with E-state index in [1.54, 1.807) is 12.1 Å². The SMILES string of the molecule is Cc1ccc(N2CC(C)CS2(=O)=O)cc1C#CCO. The van der Waals surface area contributed by atoms with Crippen LogP contribution in [0.1, 0.15) is 18.1 Å². The molecule has 0 spiro atoms. The van der Waals surface area contributed by atoms with Crippen molar-refractivity contribution in [3.63, 3.8) is 0 Å². The number of sulfonamides is 1. The van der Waals surface area contributed by atoms with Crippen LogP contribution in [-0.4, -0.2) is 32.4 Å². The molecular weight excluding hydrogens is 262 g/mol. The summed E-state index contributed by atoms with van der Waals surface area (Å²) in [5.41, 5.74) is 2.37. The molecule has 1 unspecified atom stereocenters. The van der Waals surface area contributed by atoms with Gasteiger partial charge in [-0.25, -0.2) is 8.42 Å². The molecule has 1 N–H and O–H groups in total. The van der Waals surface area contributed by atoms with Crippen LogP contribution < -0.4 is 4.31 Å². The monoisotopic (exact) mass is 279 g/mol. The van der Waals surface area contributed by atoms with Gasteiger partial charge in [-0.1, -0.05) is 24.8 Å². The van der Waals surface area contributed by atoms with Crippen LogP contribution in [-0.2, 0) is 10.0 Å². The van der Waals surface area contributed by atoms with Gasteiger partial charge in [-0.15, -0.1) is 0 Å². The second-order valence-corrected chi connectivity index (χ2v) is 6.81. The molecule has 1 fully saturated rings. The molecule has 0 aliphatic carbocycles. The Morgan fingerprint density at radius 2 is 2.21 bits per heavy atom. The highest BCUT2D eigenvalue weighted by molar-refractivity contribution is 7.93. The fraction of sp³-hybridized carbons (Fsp3) is 0.429. The highest BCUT2D eigenvalue weighted by Crippen LogP contribution is 2.28. The summed E-state index contributed by atoms with van der Waals surface area (Å²) in [5, 5.41) is 8.74. The molecule has 19 heavy (non-hydrogen) atoms. The maximum Gasteiger partial charge on any atom is 0.235 e. The first-order valence-corrected chi connectivity index (χ1v) is 7.76. The minimum Gasteiger partial charge on any atom is -0.384 e. The lowest BCUT2D eigenvalue weighted by Gasteiger charge is -2.18. The van der Waals surface area contributed by atoms with Gasteiger partial charge >= 0.3 is 0 Å². The van der Waals surface area contributed by atoms with Crippen LogP contribution in [0.3, 0.4) is 0 Å². The van der Waals surface area contributed by atoms with Crippen LogP contribution in [0, 0.1) is 24.7 Å². The van der Waals surface area contributed by atoms with Gasteiger partial charge in [-0.3, -0.25) is 4.31 Å². The van der Waals surface area contributed by atoms with Gasteiger partial charge in [-0.05, 0) is 30.5 Å². The van der Waals surface area contributed by atoms with Gasteiger partial charge in [0, 0.05) is 12.1 Å². The smallest absolute Gasteiger partial charge is 0.235 e. The van der Waals surface area contributed by atoms with Crippen molar-refractivity contribution in [3.8, 4) is 11.8 Å². The molecule has 102 valence electrons. The number of aliphatic hydroxyl groups excluding tert-OH is 1. The summed E-state index contributed by atoms with van der Waals surface area (Å²) in [6.45, 7) is 4.14. The first-order chi connectivity index (χ1) is 8.94. The number of aliphatic hydroxyl groups is 1. The molecule has 1 atom stereocenters. The first kappa shape index (κ1) is 13.9. The van der Waals surface area contributed by atoms with E-state index in [2.05, 4.69) is 11.8 Å². The number of hydrogen-bond donors (Lipinski definition) is 1. The summed E-state index contributed by atoms with van der Waals surface area (Å²) >= 11 is 0. The van der Waals surface area contributed by atoms with Crippen molar-refractivity contribution in [2.24, 2.45) is 5.92 Å². The fourth-order valence-corrected chi connectivity index (χ4v) is 4.12. The third-order valence-corrected chi connectivity index (χ3v) is 5.14. The molecule has 0 radical (unpaired) electrons. The molecule has 0 bridgehead atoms. The van der Waals surface area contributed by atoms with Crippen molar-refractivity contribution in [2.75, 3.05) is 23.2 Å². The Hall–Kier alpha value is -1.51. The summed E-state index contributed by atoms with van der Waals surface area (Å²) in [6, 6.07) is 5.43. The molecular formula is C14H17NO3S. The lowest BCUT2D eigenvalue weighted by Crippen LogP contribution is -2.25. The Morgan fingerprint density at radius 1 is 1.47 bits per heavy atom. The Morgan fingerprint density at radius 3 is 2.79 bits per heavy atom. The molecule has 1 aliphatic rings. The molecule has 5 heteroatoms. The van der Waals surface area contributed by atoms with Crippen LogP contribution in [0.4, 0.5) is 5.69 Å². The highest BCUT2D eigenvalue weighted by atomic mass is 32.2. The fourth-order valence-electron chi connectivity index (χ4n) is 2.20. The van der Waals surface area contributed by atoms with Gasteiger partial charge in [0.15, 0.2) is 0 Å². The van der Waals surface area contributed by atoms with E-state index < -0.39 is 10.0 Å². The van der Waals surface area contributed by atoms with Gasteiger partial charge in [0.1, 0.15) is 6.61 Å². The van der Waals surface area contributed by atoms with E-state index in [1.807, 2.05) is 19.9 Å². The van der Waals surface area contributed by atoms with Crippen molar-refractivity contribution in [2.45, 2.75) is 13.8 Å². The summed E-state index contributed by atoms with van der Waals surface area (Å²) in [5.74, 6) is 5.76. The zero-order valence-electron chi connectivity index (χ0n) is 11.0. The third-order valence-electron chi connectivity index (χ3n) is 3.12. The van der Waals surface area contributed by atoms with Gasteiger partial charge in [0.2, 0.25) is 10.0 Å². The van der Waals surface area contributed by atoms with E-state index >= 15 is 0 Å². The van der Waals surface area contributed by atoms with Crippen LogP contribution in [0.5, 0.6) is 0 Å². The molecule has 4 nitrogen and oxygen atoms in total. The predicted octanol–water partition coefficient (Wildman–Crippen LogP) is 1.12. The van der Waals surface area contributed by atoms with Crippen molar-refractivity contribution < 1.29 is 13.5 Å². The summed E-state index contributed by atoms with van der Waals surface area (Å²) in [6.07, 6.45) is 0. The summed E-state index contributed by atoms with van der Waals surface area (Å²) in [4.78, 5) is 0. The molecule has 1 heterocycles. The van der Waals surface area contributed by atoms with Crippen molar-refractivity contribution in [1.82, 2.24) is 0 Å². The van der Waals surface area contributed by atoms with Crippen LogP contribution in [0.15, 0.2) is 18.2 Å². The van der Waals surface area contributed by atoms with Crippen molar-refractivity contribution in [1.29, 1.82) is 0 Å². The first-order valence-electron chi connectivity index (χ1n) is 6.15. The lowest BCUT2D eigenvalue weighted by molar-refractivity contribution is 0.350. The average Bonchev–Trinajstić information content (AvgIpc) is 2.61.